The van der Waals surface area contributed by atoms with Crippen LogP contribution in [0.25, 0.3) is 0 Å². The molecular formula is C8H13NO. The van der Waals surface area contributed by atoms with Crippen LogP contribution in [0.15, 0.2) is 17.8 Å². The van der Waals surface area contributed by atoms with E-state index in [1.807, 2.05) is 6.08 Å². The Balaban J connectivity index is 2.50. The van der Waals surface area contributed by atoms with Gasteiger partial charge in [0.2, 0.25) is 0 Å². The van der Waals surface area contributed by atoms with E-state index in [1.54, 1.807) is 0 Å². The van der Waals surface area contributed by atoms with E-state index >= 15 is 0 Å². The molecule has 1 aliphatic rings. The zero-order valence-electron chi connectivity index (χ0n) is 6.08. The lowest BCUT2D eigenvalue weighted by Gasteiger charge is -2.03. The average molecular weight is 139 g/mol. The van der Waals surface area contributed by atoms with Crippen molar-refractivity contribution in [3.8, 4) is 0 Å². The molecule has 0 aliphatic heterocycles. The highest BCUT2D eigenvalue weighted by atomic mass is 16.4. The summed E-state index contributed by atoms with van der Waals surface area (Å²) in [5.41, 5.74) is 0.958. The van der Waals surface area contributed by atoms with E-state index in [0.29, 0.717) is 5.92 Å². The van der Waals surface area contributed by atoms with Crippen molar-refractivity contribution in [3.05, 3.63) is 12.7 Å². The third-order valence-electron chi connectivity index (χ3n) is 2.04. The van der Waals surface area contributed by atoms with Crippen LogP contribution in [0.3, 0.4) is 0 Å². The highest BCUT2D eigenvalue weighted by molar-refractivity contribution is 5.88. The van der Waals surface area contributed by atoms with Crippen molar-refractivity contribution in [2.75, 3.05) is 0 Å². The summed E-state index contributed by atoms with van der Waals surface area (Å²) in [6, 6.07) is 0. The van der Waals surface area contributed by atoms with Crippen LogP contribution in [0.5, 0.6) is 0 Å². The largest absolute Gasteiger partial charge is 0.411 e. The first kappa shape index (κ1) is 7.32. The molecule has 0 radical (unpaired) electrons. The summed E-state index contributed by atoms with van der Waals surface area (Å²) in [5.74, 6) is 0.475. The van der Waals surface area contributed by atoms with Gasteiger partial charge in [-0.25, -0.2) is 0 Å². The standard InChI is InChI=1S/C8H13NO/c1-2-4-7-5-3-6-8(7)9-10/h2,7,10H,1,3-6H2/b9-8+/t7-/m0/s1. The fourth-order valence-electron chi connectivity index (χ4n) is 1.49. The van der Waals surface area contributed by atoms with Crippen LogP contribution in [-0.2, 0) is 0 Å². The Bertz CT molecular complexity index is 151. The second-order valence-electron chi connectivity index (χ2n) is 2.70. The Morgan fingerprint density at radius 1 is 1.80 bits per heavy atom. The summed E-state index contributed by atoms with van der Waals surface area (Å²) in [6.07, 6.45) is 6.14. The van der Waals surface area contributed by atoms with Gasteiger partial charge in [-0.15, -0.1) is 6.58 Å². The maximum absolute atomic E-state index is 8.52. The Morgan fingerprint density at radius 2 is 2.60 bits per heavy atom. The topological polar surface area (TPSA) is 32.6 Å². The molecular weight excluding hydrogens is 126 g/mol. The molecule has 1 fully saturated rings. The van der Waals surface area contributed by atoms with Gasteiger partial charge in [-0.2, -0.15) is 0 Å². The van der Waals surface area contributed by atoms with Crippen LogP contribution in [0.1, 0.15) is 25.7 Å². The SMILES string of the molecule is C=CC[C@H]1CCC/C1=N\O. The monoisotopic (exact) mass is 139 g/mol. The maximum atomic E-state index is 8.52. The summed E-state index contributed by atoms with van der Waals surface area (Å²) in [5, 5.41) is 11.8. The summed E-state index contributed by atoms with van der Waals surface area (Å²) in [7, 11) is 0. The Morgan fingerprint density at radius 3 is 3.20 bits per heavy atom. The number of oxime groups is 1. The van der Waals surface area contributed by atoms with Crippen LogP contribution >= 0.6 is 0 Å². The van der Waals surface area contributed by atoms with Crippen molar-refractivity contribution in [2.24, 2.45) is 11.1 Å². The lowest BCUT2D eigenvalue weighted by molar-refractivity contribution is 0.315. The first-order valence-corrected chi connectivity index (χ1v) is 3.70. The van der Waals surface area contributed by atoms with Crippen molar-refractivity contribution in [3.63, 3.8) is 0 Å². The van der Waals surface area contributed by atoms with Gasteiger partial charge >= 0.3 is 0 Å². The summed E-state index contributed by atoms with van der Waals surface area (Å²) >= 11 is 0. The first-order chi connectivity index (χ1) is 4.88. The predicted molar refractivity (Wildman–Crippen MR) is 41.4 cm³/mol. The third-order valence-corrected chi connectivity index (χ3v) is 2.04. The second-order valence-corrected chi connectivity index (χ2v) is 2.70. The van der Waals surface area contributed by atoms with Gasteiger partial charge in [0.1, 0.15) is 0 Å². The van der Waals surface area contributed by atoms with Crippen molar-refractivity contribution in [1.82, 2.24) is 0 Å². The molecule has 0 bridgehead atoms. The molecule has 1 atom stereocenters. The zero-order chi connectivity index (χ0) is 7.40. The van der Waals surface area contributed by atoms with E-state index in [9.17, 15) is 0 Å². The third kappa shape index (κ3) is 1.38. The fraction of sp³-hybridized carbons (Fsp3) is 0.625. The minimum absolute atomic E-state index is 0.475. The first-order valence-electron chi connectivity index (χ1n) is 3.70. The molecule has 0 amide bonds. The van der Waals surface area contributed by atoms with Gasteiger partial charge < -0.3 is 5.21 Å². The van der Waals surface area contributed by atoms with Gasteiger partial charge in [0.05, 0.1) is 5.71 Å². The maximum Gasteiger partial charge on any atom is 0.0604 e. The number of allylic oxidation sites excluding steroid dienone is 1. The summed E-state index contributed by atoms with van der Waals surface area (Å²) < 4.78 is 0. The lowest BCUT2D eigenvalue weighted by Crippen LogP contribution is -2.04. The highest BCUT2D eigenvalue weighted by Crippen LogP contribution is 2.25. The minimum atomic E-state index is 0.475. The van der Waals surface area contributed by atoms with Crippen LogP contribution in [-0.4, -0.2) is 10.9 Å². The molecule has 2 heteroatoms. The molecule has 56 valence electrons. The van der Waals surface area contributed by atoms with Crippen LogP contribution in [0.4, 0.5) is 0 Å². The van der Waals surface area contributed by atoms with Gasteiger partial charge in [-0.1, -0.05) is 11.2 Å². The molecule has 0 heterocycles. The van der Waals surface area contributed by atoms with Crippen molar-refractivity contribution in [2.45, 2.75) is 25.7 Å². The van der Waals surface area contributed by atoms with E-state index in [1.165, 1.54) is 0 Å². The van der Waals surface area contributed by atoms with E-state index in [4.69, 9.17) is 5.21 Å². The average Bonchev–Trinajstić information content (AvgIpc) is 2.36. The van der Waals surface area contributed by atoms with E-state index in [2.05, 4.69) is 11.7 Å². The molecule has 0 aromatic carbocycles. The molecule has 0 aromatic heterocycles. The molecule has 1 saturated carbocycles. The Kier molecular flexibility index (Phi) is 2.49. The van der Waals surface area contributed by atoms with Crippen molar-refractivity contribution < 1.29 is 5.21 Å². The number of nitrogens with zero attached hydrogens (tertiary/aromatic N) is 1. The fourth-order valence-corrected chi connectivity index (χ4v) is 1.49. The molecule has 1 rings (SSSR count). The minimum Gasteiger partial charge on any atom is -0.411 e. The van der Waals surface area contributed by atoms with Gasteiger partial charge in [0.15, 0.2) is 0 Å². The summed E-state index contributed by atoms with van der Waals surface area (Å²) in [4.78, 5) is 0. The van der Waals surface area contributed by atoms with Gasteiger partial charge in [-0.05, 0) is 25.7 Å². The van der Waals surface area contributed by atoms with Crippen molar-refractivity contribution in [1.29, 1.82) is 0 Å². The molecule has 0 unspecified atom stereocenters. The number of hydrogen-bond donors (Lipinski definition) is 1. The second kappa shape index (κ2) is 3.40. The molecule has 0 saturated heterocycles. The van der Waals surface area contributed by atoms with Gasteiger partial charge in [0, 0.05) is 5.92 Å². The Hall–Kier alpha value is -0.790. The van der Waals surface area contributed by atoms with Crippen LogP contribution in [0.2, 0.25) is 0 Å². The van der Waals surface area contributed by atoms with Crippen LogP contribution < -0.4 is 0 Å². The lowest BCUT2D eigenvalue weighted by atomic mass is 10.0. The molecule has 0 spiro atoms. The molecule has 1 N–H and O–H groups in total. The van der Waals surface area contributed by atoms with Gasteiger partial charge in [0.25, 0.3) is 0 Å². The normalized spacial score (nSPS) is 29.2. The van der Waals surface area contributed by atoms with E-state index < -0.39 is 0 Å². The predicted octanol–water partition coefficient (Wildman–Crippen LogP) is 2.19. The molecule has 1 aliphatic carbocycles. The van der Waals surface area contributed by atoms with Gasteiger partial charge in [-0.3, -0.25) is 0 Å². The van der Waals surface area contributed by atoms with E-state index in [-0.39, 0.29) is 0 Å². The number of rotatable bonds is 2. The van der Waals surface area contributed by atoms with Crippen LogP contribution in [0, 0.1) is 5.92 Å². The number of hydrogen-bond acceptors (Lipinski definition) is 2. The molecule has 2 nitrogen and oxygen atoms in total. The smallest absolute Gasteiger partial charge is 0.0604 e. The zero-order valence-corrected chi connectivity index (χ0v) is 6.08. The molecule has 0 aromatic rings. The van der Waals surface area contributed by atoms with Crippen molar-refractivity contribution >= 4 is 5.71 Å². The quantitative estimate of drug-likeness (QED) is 0.355. The highest BCUT2D eigenvalue weighted by Gasteiger charge is 2.21. The Labute approximate surface area is 61.2 Å². The molecule has 10 heavy (non-hydrogen) atoms. The van der Waals surface area contributed by atoms with E-state index in [0.717, 1.165) is 31.4 Å². The summed E-state index contributed by atoms with van der Waals surface area (Å²) in [6.45, 7) is 3.66.